The van der Waals surface area contributed by atoms with E-state index in [9.17, 15) is 9.59 Å². The molecule has 19 heavy (non-hydrogen) atoms. The molecule has 2 aromatic rings. The zero-order chi connectivity index (χ0) is 13.7. The van der Waals surface area contributed by atoms with Gasteiger partial charge >= 0.3 is 0 Å². The van der Waals surface area contributed by atoms with E-state index >= 15 is 0 Å². The van der Waals surface area contributed by atoms with E-state index in [-0.39, 0.29) is 17.5 Å². The lowest BCUT2D eigenvalue weighted by Crippen LogP contribution is -2.07. The van der Waals surface area contributed by atoms with Crippen molar-refractivity contribution in [2.24, 2.45) is 5.11 Å². The third-order valence-electron chi connectivity index (χ3n) is 2.51. The Kier molecular flexibility index (Phi) is 3.75. The van der Waals surface area contributed by atoms with Crippen LogP contribution in [0.5, 0.6) is 0 Å². The van der Waals surface area contributed by atoms with E-state index < -0.39 is 0 Å². The molecule has 0 aliphatic carbocycles. The first kappa shape index (κ1) is 12.6. The van der Waals surface area contributed by atoms with Crippen LogP contribution in [0.25, 0.3) is 27.5 Å². The zero-order valence-electron chi connectivity index (χ0n) is 9.81. The molecule has 1 aromatic carbocycles. The van der Waals surface area contributed by atoms with Crippen LogP contribution in [0.4, 0.5) is 0 Å². The maximum atomic E-state index is 11.9. The molecule has 0 spiro atoms. The minimum Gasteiger partial charge on any atom is -0.463 e. The van der Waals surface area contributed by atoms with Gasteiger partial charge in [0.05, 0.1) is 10.9 Å². The minimum absolute atomic E-state index is 0.0114. The van der Waals surface area contributed by atoms with Gasteiger partial charge in [0.25, 0.3) is 0 Å². The number of hydrogen-bond donors (Lipinski definition) is 0. The fourth-order valence-corrected chi connectivity index (χ4v) is 1.62. The zero-order valence-corrected chi connectivity index (χ0v) is 9.81. The van der Waals surface area contributed by atoms with Gasteiger partial charge in [-0.15, -0.1) is 0 Å². The largest absolute Gasteiger partial charge is 0.463 e. The lowest BCUT2D eigenvalue weighted by molar-refractivity contribution is 0.112. The molecule has 0 aliphatic rings. The van der Waals surface area contributed by atoms with Crippen molar-refractivity contribution in [3.05, 3.63) is 62.3 Å². The summed E-state index contributed by atoms with van der Waals surface area (Å²) in [6.45, 7) is 0.234. The minimum atomic E-state index is -0.360. The summed E-state index contributed by atoms with van der Waals surface area (Å²) in [4.78, 5) is 25.2. The molecule has 0 N–H and O–H groups in total. The number of carbonyl (C=O) groups is 1. The number of aldehydes is 1. The van der Waals surface area contributed by atoms with Gasteiger partial charge in [0, 0.05) is 11.5 Å². The Morgan fingerprint density at radius 3 is 3.00 bits per heavy atom. The van der Waals surface area contributed by atoms with E-state index in [4.69, 9.17) is 9.95 Å². The third kappa shape index (κ3) is 2.70. The molecule has 0 bridgehead atoms. The van der Waals surface area contributed by atoms with Crippen molar-refractivity contribution in [2.75, 3.05) is 6.54 Å². The Morgan fingerprint density at radius 1 is 1.42 bits per heavy atom. The first-order chi connectivity index (χ1) is 9.26. The van der Waals surface area contributed by atoms with Gasteiger partial charge in [-0.3, -0.25) is 9.59 Å². The van der Waals surface area contributed by atoms with Gasteiger partial charge in [-0.05, 0) is 23.2 Å². The first-order valence-corrected chi connectivity index (χ1v) is 5.44. The van der Waals surface area contributed by atoms with E-state index in [0.29, 0.717) is 17.3 Å². The first-order valence-electron chi connectivity index (χ1n) is 5.44. The fourth-order valence-electron chi connectivity index (χ4n) is 1.62. The lowest BCUT2D eigenvalue weighted by Gasteiger charge is -1.99. The van der Waals surface area contributed by atoms with Crippen molar-refractivity contribution in [3.63, 3.8) is 0 Å². The van der Waals surface area contributed by atoms with Gasteiger partial charge in [-0.2, -0.15) is 0 Å². The van der Waals surface area contributed by atoms with E-state index in [2.05, 4.69) is 10.0 Å². The molecule has 2 rings (SSSR count). The summed E-state index contributed by atoms with van der Waals surface area (Å²) in [5.74, 6) is 0. The van der Waals surface area contributed by atoms with Gasteiger partial charge in [-0.1, -0.05) is 23.3 Å². The summed E-state index contributed by atoms with van der Waals surface area (Å²) in [5, 5.41) is 3.70. The second kappa shape index (κ2) is 5.66. The molecule has 94 valence electrons. The van der Waals surface area contributed by atoms with Gasteiger partial charge < -0.3 is 4.42 Å². The van der Waals surface area contributed by atoms with E-state index in [0.717, 1.165) is 11.8 Å². The molecule has 6 nitrogen and oxygen atoms in total. The van der Waals surface area contributed by atoms with Crippen LogP contribution in [0.15, 0.2) is 44.9 Å². The van der Waals surface area contributed by atoms with Crippen molar-refractivity contribution in [2.45, 2.75) is 0 Å². The van der Waals surface area contributed by atoms with Crippen LogP contribution in [0.1, 0.15) is 15.9 Å². The summed E-state index contributed by atoms with van der Waals surface area (Å²) < 4.78 is 5.19. The molecule has 6 heteroatoms. The topological polar surface area (TPSA) is 96.0 Å². The molecule has 0 aliphatic heterocycles. The van der Waals surface area contributed by atoms with Gasteiger partial charge in [0.1, 0.15) is 11.8 Å². The predicted molar refractivity (Wildman–Crippen MR) is 70.9 cm³/mol. The fraction of sp³-hybridized carbons (Fsp3) is 0.0769. The second-order valence-electron chi connectivity index (χ2n) is 3.71. The SMILES string of the molecule is [N-]=[N+]=NCC=Cc1ccc2occ(C=O)c(=O)c2c1. The summed E-state index contributed by atoms with van der Waals surface area (Å²) in [6, 6.07) is 5.04. The number of rotatable bonds is 4. The highest BCUT2D eigenvalue weighted by atomic mass is 16.3. The molecule has 1 heterocycles. The molecule has 0 fully saturated rings. The number of azide groups is 1. The Morgan fingerprint density at radius 2 is 2.26 bits per heavy atom. The van der Waals surface area contributed by atoms with Crippen LogP contribution in [-0.2, 0) is 0 Å². The number of hydrogen-bond acceptors (Lipinski definition) is 4. The Labute approximate surface area is 107 Å². The highest BCUT2D eigenvalue weighted by molar-refractivity contribution is 5.85. The molecular weight excluding hydrogens is 246 g/mol. The highest BCUT2D eigenvalue weighted by Gasteiger charge is 2.06. The lowest BCUT2D eigenvalue weighted by atomic mass is 10.1. The highest BCUT2D eigenvalue weighted by Crippen LogP contribution is 2.14. The van der Waals surface area contributed by atoms with Crippen molar-refractivity contribution in [3.8, 4) is 0 Å². The van der Waals surface area contributed by atoms with Crippen molar-refractivity contribution < 1.29 is 9.21 Å². The molecule has 0 saturated heterocycles. The Bertz CT molecular complexity index is 755. The quantitative estimate of drug-likeness (QED) is 0.363. The molecule has 0 amide bonds. The summed E-state index contributed by atoms with van der Waals surface area (Å²) in [5.41, 5.74) is 8.94. The molecule has 0 radical (unpaired) electrons. The number of nitrogens with zero attached hydrogens (tertiary/aromatic N) is 3. The third-order valence-corrected chi connectivity index (χ3v) is 2.51. The smallest absolute Gasteiger partial charge is 0.203 e. The maximum absolute atomic E-state index is 11.9. The van der Waals surface area contributed by atoms with Crippen LogP contribution >= 0.6 is 0 Å². The molecule has 0 atom stereocenters. The summed E-state index contributed by atoms with van der Waals surface area (Å²) >= 11 is 0. The van der Waals surface area contributed by atoms with Crippen LogP contribution in [-0.4, -0.2) is 12.8 Å². The Hall–Kier alpha value is -2.85. The van der Waals surface area contributed by atoms with Crippen LogP contribution in [0, 0.1) is 0 Å². The number of carbonyl (C=O) groups excluding carboxylic acids is 1. The number of benzene rings is 1. The van der Waals surface area contributed by atoms with Gasteiger partial charge in [-0.25, -0.2) is 0 Å². The molecule has 0 unspecified atom stereocenters. The van der Waals surface area contributed by atoms with E-state index in [1.54, 1.807) is 30.4 Å². The van der Waals surface area contributed by atoms with Gasteiger partial charge in [0.2, 0.25) is 5.43 Å². The maximum Gasteiger partial charge on any atom is 0.203 e. The van der Waals surface area contributed by atoms with E-state index in [1.165, 1.54) is 0 Å². The summed E-state index contributed by atoms with van der Waals surface area (Å²) in [6.07, 6.45) is 5.01. The Balaban J connectivity index is 2.47. The van der Waals surface area contributed by atoms with Crippen molar-refractivity contribution in [1.82, 2.24) is 0 Å². The normalized spacial score (nSPS) is 10.5. The summed E-state index contributed by atoms with van der Waals surface area (Å²) in [7, 11) is 0. The average Bonchev–Trinajstić information content (AvgIpc) is 2.44. The second-order valence-corrected chi connectivity index (χ2v) is 3.71. The molecule has 1 aromatic heterocycles. The van der Waals surface area contributed by atoms with Crippen molar-refractivity contribution >= 4 is 23.3 Å². The monoisotopic (exact) mass is 255 g/mol. The van der Waals surface area contributed by atoms with Crippen molar-refractivity contribution in [1.29, 1.82) is 0 Å². The average molecular weight is 255 g/mol. The molecule has 0 saturated carbocycles. The number of fused-ring (bicyclic) bond motifs is 1. The predicted octanol–water partition coefficient (Wildman–Crippen LogP) is 2.93. The van der Waals surface area contributed by atoms with Crippen LogP contribution in [0.2, 0.25) is 0 Å². The van der Waals surface area contributed by atoms with Crippen LogP contribution < -0.4 is 5.43 Å². The standard InChI is InChI=1S/C13H9N3O3/c14-16-15-5-1-2-9-3-4-12-11(6-9)13(18)10(7-17)8-19-12/h1-4,6-8H,5H2. The van der Waals surface area contributed by atoms with E-state index in [1.807, 2.05) is 0 Å². The molecular formula is C13H9N3O3. The van der Waals surface area contributed by atoms with Gasteiger partial charge in [0.15, 0.2) is 6.29 Å². The van der Waals surface area contributed by atoms with Crippen LogP contribution in [0.3, 0.4) is 0 Å².